The fourth-order valence-corrected chi connectivity index (χ4v) is 2.90. The van der Waals surface area contributed by atoms with Crippen LogP contribution in [0.25, 0.3) is 11.3 Å². The first-order valence-electron chi connectivity index (χ1n) is 4.91. The zero-order chi connectivity index (χ0) is 14.0. The molecule has 0 bridgehead atoms. The predicted octanol–water partition coefficient (Wildman–Crippen LogP) is 3.98. The van der Waals surface area contributed by atoms with Crippen LogP contribution in [0.3, 0.4) is 0 Å². The quantitative estimate of drug-likeness (QED) is 0.673. The summed E-state index contributed by atoms with van der Waals surface area (Å²) in [5.74, 6) is 0. The van der Waals surface area contributed by atoms with Crippen LogP contribution < -0.4 is 5.73 Å². The number of alkyl halides is 3. The van der Waals surface area contributed by atoms with Gasteiger partial charge in [-0.15, -0.1) is 0 Å². The zero-order valence-corrected chi connectivity index (χ0v) is 10.9. The third kappa shape index (κ3) is 3.00. The minimum absolute atomic E-state index is 0.271. The Morgan fingerprint density at radius 3 is 2.42 bits per heavy atom. The van der Waals surface area contributed by atoms with Crippen LogP contribution in [0, 0.1) is 10.7 Å². The molecule has 0 aliphatic heterocycles. The van der Waals surface area contributed by atoms with Crippen LogP contribution in [0.1, 0.15) is 5.56 Å². The number of hydrogen-bond acceptors (Lipinski definition) is 5. The number of hydrogen-bond donors (Lipinski definition) is 1. The van der Waals surface area contributed by atoms with Crippen LogP contribution in [0.2, 0.25) is 0 Å². The van der Waals surface area contributed by atoms with Crippen molar-refractivity contribution < 1.29 is 13.2 Å². The Bertz CT molecular complexity index is 626. The number of thiazole rings is 1. The van der Waals surface area contributed by atoms with E-state index in [0.717, 1.165) is 35.2 Å². The molecular formula is C11H6F3N3S2. The second-order valence-electron chi connectivity index (χ2n) is 3.46. The van der Waals surface area contributed by atoms with Crippen LogP contribution in [0.15, 0.2) is 28.5 Å². The second-order valence-corrected chi connectivity index (χ2v) is 5.54. The van der Waals surface area contributed by atoms with Gasteiger partial charge in [0, 0.05) is 17.3 Å². The van der Waals surface area contributed by atoms with Gasteiger partial charge in [-0.1, -0.05) is 23.5 Å². The van der Waals surface area contributed by atoms with Crippen molar-refractivity contribution >= 4 is 28.2 Å². The number of rotatable bonds is 2. The molecule has 0 fully saturated rings. The van der Waals surface area contributed by atoms with E-state index in [9.17, 15) is 13.2 Å². The van der Waals surface area contributed by atoms with Crippen molar-refractivity contribution in [3.8, 4) is 16.7 Å². The lowest BCUT2D eigenvalue weighted by atomic mass is 10.1. The highest BCUT2D eigenvalue weighted by Gasteiger charge is 2.30. The molecule has 8 heteroatoms. The maximum atomic E-state index is 12.4. The SMILES string of the molecule is N#CSc1sc(N)nc1-c1ccc(C(F)(F)F)cc1. The molecule has 3 nitrogen and oxygen atoms in total. The maximum absolute atomic E-state index is 12.4. The summed E-state index contributed by atoms with van der Waals surface area (Å²) in [5, 5.41) is 10.8. The van der Waals surface area contributed by atoms with Crippen molar-refractivity contribution in [2.24, 2.45) is 0 Å². The number of nitrogens with zero attached hydrogens (tertiary/aromatic N) is 2. The average molecular weight is 301 g/mol. The lowest BCUT2D eigenvalue weighted by molar-refractivity contribution is -0.137. The number of thioether (sulfide) groups is 1. The van der Waals surface area contributed by atoms with Gasteiger partial charge < -0.3 is 5.73 Å². The molecule has 19 heavy (non-hydrogen) atoms. The molecular weight excluding hydrogens is 295 g/mol. The lowest BCUT2D eigenvalue weighted by Crippen LogP contribution is -2.04. The molecule has 0 atom stereocenters. The third-order valence-electron chi connectivity index (χ3n) is 2.24. The van der Waals surface area contributed by atoms with Gasteiger partial charge in [-0.2, -0.15) is 18.4 Å². The Kier molecular flexibility index (Phi) is 3.68. The standard InChI is InChI=1S/C11H6F3N3S2/c12-11(13,14)7-3-1-6(2-4-7)8-9(18-5-15)19-10(16)17-8/h1-4H,(H2,16,17). The summed E-state index contributed by atoms with van der Waals surface area (Å²) in [4.78, 5) is 4.03. The second kappa shape index (κ2) is 5.11. The molecule has 2 aromatic rings. The Balaban J connectivity index is 2.40. The average Bonchev–Trinajstić information content (AvgIpc) is 2.70. The number of benzene rings is 1. The molecule has 0 radical (unpaired) electrons. The molecule has 0 aliphatic rings. The largest absolute Gasteiger partial charge is 0.416 e. The van der Waals surface area contributed by atoms with Crippen molar-refractivity contribution in [3.05, 3.63) is 29.8 Å². The number of nitrogen functional groups attached to an aromatic ring is 1. The van der Waals surface area contributed by atoms with Crippen LogP contribution in [-0.2, 0) is 6.18 Å². The van der Waals surface area contributed by atoms with Crippen molar-refractivity contribution in [3.63, 3.8) is 0 Å². The summed E-state index contributed by atoms with van der Waals surface area (Å²) in [7, 11) is 0. The molecule has 0 saturated carbocycles. The van der Waals surface area contributed by atoms with Gasteiger partial charge in [0.25, 0.3) is 0 Å². The van der Waals surface area contributed by atoms with Crippen molar-refractivity contribution in [1.82, 2.24) is 4.98 Å². The third-order valence-corrected chi connectivity index (χ3v) is 3.89. The summed E-state index contributed by atoms with van der Waals surface area (Å²) in [6.45, 7) is 0. The fourth-order valence-electron chi connectivity index (χ4n) is 1.43. The van der Waals surface area contributed by atoms with Gasteiger partial charge in [0.05, 0.1) is 11.3 Å². The van der Waals surface area contributed by atoms with Gasteiger partial charge in [-0.3, -0.25) is 0 Å². The van der Waals surface area contributed by atoms with E-state index < -0.39 is 11.7 Å². The van der Waals surface area contributed by atoms with Crippen LogP contribution in [-0.4, -0.2) is 4.98 Å². The van der Waals surface area contributed by atoms with Gasteiger partial charge >= 0.3 is 6.18 Å². The number of halogens is 3. The molecule has 1 aromatic carbocycles. The van der Waals surface area contributed by atoms with E-state index in [1.807, 2.05) is 5.40 Å². The van der Waals surface area contributed by atoms with Crippen LogP contribution in [0.5, 0.6) is 0 Å². The Labute approximate surface area is 114 Å². The highest BCUT2D eigenvalue weighted by atomic mass is 32.2. The maximum Gasteiger partial charge on any atom is 0.416 e. The summed E-state index contributed by atoms with van der Waals surface area (Å²) in [6, 6.07) is 4.59. The van der Waals surface area contributed by atoms with E-state index in [2.05, 4.69) is 4.98 Å². The molecule has 2 N–H and O–H groups in total. The Morgan fingerprint density at radius 1 is 1.26 bits per heavy atom. The van der Waals surface area contributed by atoms with Crippen LogP contribution >= 0.6 is 23.1 Å². The number of aromatic nitrogens is 1. The first kappa shape index (κ1) is 13.7. The van der Waals surface area contributed by atoms with E-state index >= 15 is 0 Å². The zero-order valence-electron chi connectivity index (χ0n) is 9.23. The number of nitrogens with two attached hydrogens (primary N) is 1. The molecule has 98 valence electrons. The highest BCUT2D eigenvalue weighted by molar-refractivity contribution is 8.05. The van der Waals surface area contributed by atoms with Crippen LogP contribution in [0.4, 0.5) is 18.3 Å². The highest BCUT2D eigenvalue weighted by Crippen LogP contribution is 2.38. The van der Waals surface area contributed by atoms with E-state index in [4.69, 9.17) is 11.0 Å². The molecule has 0 saturated heterocycles. The normalized spacial score (nSPS) is 11.3. The minimum atomic E-state index is -4.37. The van der Waals surface area contributed by atoms with E-state index in [1.165, 1.54) is 12.1 Å². The van der Waals surface area contributed by atoms with Gasteiger partial charge in [-0.05, 0) is 12.1 Å². The summed E-state index contributed by atoms with van der Waals surface area (Å²) >= 11 is 2.02. The summed E-state index contributed by atoms with van der Waals surface area (Å²) < 4.78 is 37.9. The van der Waals surface area contributed by atoms with Gasteiger partial charge in [0.2, 0.25) is 0 Å². The molecule has 0 unspecified atom stereocenters. The number of anilines is 1. The van der Waals surface area contributed by atoms with E-state index in [0.29, 0.717) is 15.5 Å². The Hall–Kier alpha value is -1.72. The minimum Gasteiger partial charge on any atom is -0.375 e. The molecule has 2 rings (SSSR count). The predicted molar refractivity (Wildman–Crippen MR) is 68.4 cm³/mol. The monoisotopic (exact) mass is 301 g/mol. The van der Waals surface area contributed by atoms with Gasteiger partial charge in [0.1, 0.15) is 9.61 Å². The first-order valence-corrected chi connectivity index (χ1v) is 6.55. The van der Waals surface area contributed by atoms with Crippen molar-refractivity contribution in [2.75, 3.05) is 5.73 Å². The van der Waals surface area contributed by atoms with Gasteiger partial charge in [0.15, 0.2) is 5.13 Å². The Morgan fingerprint density at radius 2 is 1.89 bits per heavy atom. The topological polar surface area (TPSA) is 62.7 Å². The smallest absolute Gasteiger partial charge is 0.375 e. The van der Waals surface area contributed by atoms with Crippen molar-refractivity contribution in [2.45, 2.75) is 10.4 Å². The summed E-state index contributed by atoms with van der Waals surface area (Å²) in [5.41, 5.74) is 5.75. The lowest BCUT2D eigenvalue weighted by Gasteiger charge is -2.06. The van der Waals surface area contributed by atoms with Crippen molar-refractivity contribution in [1.29, 1.82) is 5.26 Å². The molecule has 1 aromatic heterocycles. The van der Waals surface area contributed by atoms with Gasteiger partial charge in [-0.25, -0.2) is 4.98 Å². The summed E-state index contributed by atoms with van der Waals surface area (Å²) in [6.07, 6.45) is -4.37. The number of nitriles is 1. The molecule has 0 aliphatic carbocycles. The van der Waals surface area contributed by atoms with E-state index in [1.54, 1.807) is 0 Å². The molecule has 0 spiro atoms. The molecule has 1 heterocycles. The molecule has 0 amide bonds. The fraction of sp³-hybridized carbons (Fsp3) is 0.0909. The van der Waals surface area contributed by atoms with E-state index in [-0.39, 0.29) is 5.13 Å². The first-order chi connectivity index (χ1) is 8.91. The number of thiocyanates is 1.